The van der Waals surface area contributed by atoms with Crippen LogP contribution in [0.1, 0.15) is 44.0 Å². The van der Waals surface area contributed by atoms with E-state index < -0.39 is 0 Å². The fourth-order valence-corrected chi connectivity index (χ4v) is 3.08. The van der Waals surface area contributed by atoms with Crippen molar-refractivity contribution in [3.8, 4) is 11.5 Å². The van der Waals surface area contributed by atoms with E-state index >= 15 is 0 Å². The molecule has 1 aromatic rings. The van der Waals surface area contributed by atoms with Crippen LogP contribution >= 0.6 is 0 Å². The minimum atomic E-state index is 0.0719. The van der Waals surface area contributed by atoms with Crippen molar-refractivity contribution in [3.05, 3.63) is 23.8 Å². The van der Waals surface area contributed by atoms with Gasteiger partial charge in [0.05, 0.1) is 13.7 Å². The van der Waals surface area contributed by atoms with Crippen LogP contribution in [0.2, 0.25) is 0 Å². The van der Waals surface area contributed by atoms with E-state index in [0.29, 0.717) is 29.6 Å². The van der Waals surface area contributed by atoms with Gasteiger partial charge in [-0.3, -0.25) is 9.69 Å². The summed E-state index contributed by atoms with van der Waals surface area (Å²) in [6.07, 6.45) is 2.09. The molecule has 1 heterocycles. The van der Waals surface area contributed by atoms with Crippen molar-refractivity contribution in [2.45, 2.75) is 33.6 Å². The number of carbonyl (C=O) groups excluding carboxylic acids is 1. The molecule has 1 amide bonds. The molecule has 0 bridgehead atoms. The Balaban J connectivity index is 1.97. The predicted molar refractivity (Wildman–Crippen MR) is 101 cm³/mol. The van der Waals surface area contributed by atoms with Crippen LogP contribution in [0.15, 0.2) is 18.2 Å². The number of amides is 1. The zero-order chi connectivity index (χ0) is 18.2. The zero-order valence-corrected chi connectivity index (χ0v) is 16.1. The molecule has 1 aliphatic rings. The maximum absolute atomic E-state index is 12.8. The van der Waals surface area contributed by atoms with E-state index in [9.17, 15) is 4.79 Å². The molecule has 0 atom stereocenters. The number of hydrogen-bond acceptors (Lipinski definition) is 4. The summed E-state index contributed by atoms with van der Waals surface area (Å²) in [4.78, 5) is 17.1. The Bertz CT molecular complexity index is 552. The molecule has 1 saturated heterocycles. The maximum atomic E-state index is 12.8. The summed E-state index contributed by atoms with van der Waals surface area (Å²) in [5.41, 5.74) is 0.664. The molecule has 0 spiro atoms. The van der Waals surface area contributed by atoms with Gasteiger partial charge in [0.15, 0.2) is 11.5 Å². The number of methoxy groups -OCH3 is 1. The smallest absolute Gasteiger partial charge is 0.254 e. The molecule has 140 valence electrons. The van der Waals surface area contributed by atoms with Crippen molar-refractivity contribution in [2.24, 2.45) is 5.92 Å². The van der Waals surface area contributed by atoms with E-state index in [2.05, 4.69) is 25.7 Å². The fraction of sp³-hybridized carbons (Fsp3) is 0.650. The number of ether oxygens (including phenoxy) is 2. The summed E-state index contributed by atoms with van der Waals surface area (Å²) >= 11 is 0. The second kappa shape index (κ2) is 9.66. The highest BCUT2D eigenvalue weighted by Crippen LogP contribution is 2.29. The third kappa shape index (κ3) is 5.63. The van der Waals surface area contributed by atoms with Gasteiger partial charge < -0.3 is 14.4 Å². The van der Waals surface area contributed by atoms with Crippen LogP contribution in [0.25, 0.3) is 0 Å². The molecular weight excluding hydrogens is 316 g/mol. The van der Waals surface area contributed by atoms with E-state index in [1.165, 1.54) is 0 Å². The van der Waals surface area contributed by atoms with Gasteiger partial charge in [0.1, 0.15) is 0 Å². The molecule has 2 rings (SSSR count). The van der Waals surface area contributed by atoms with Crippen molar-refractivity contribution in [2.75, 3.05) is 46.4 Å². The summed E-state index contributed by atoms with van der Waals surface area (Å²) in [5.74, 6) is 2.06. The van der Waals surface area contributed by atoms with Crippen molar-refractivity contribution >= 4 is 5.91 Å². The van der Waals surface area contributed by atoms with Gasteiger partial charge in [-0.25, -0.2) is 0 Å². The highest BCUT2D eigenvalue weighted by atomic mass is 16.5. The third-order valence-corrected chi connectivity index (χ3v) is 4.45. The minimum Gasteiger partial charge on any atom is -0.493 e. The minimum absolute atomic E-state index is 0.0719. The Hall–Kier alpha value is -1.75. The number of benzene rings is 1. The Labute approximate surface area is 151 Å². The normalized spacial score (nSPS) is 15.5. The number of hydrogen-bond donors (Lipinski definition) is 0. The standard InChI is InChI=1S/C20H32N2O3/c1-5-6-13-25-18-8-7-17(14-19(18)24-4)20(23)22-11-9-21(10-12-22)15-16(2)3/h7-8,14,16H,5-6,9-13,15H2,1-4H3. The number of nitrogens with zero attached hydrogens (tertiary/aromatic N) is 2. The van der Waals surface area contributed by atoms with Gasteiger partial charge in [-0.15, -0.1) is 0 Å². The van der Waals surface area contributed by atoms with Crippen LogP contribution in [0.5, 0.6) is 11.5 Å². The molecule has 25 heavy (non-hydrogen) atoms. The van der Waals surface area contributed by atoms with E-state index in [1.54, 1.807) is 13.2 Å². The molecule has 1 fully saturated rings. The monoisotopic (exact) mass is 348 g/mol. The topological polar surface area (TPSA) is 42.0 Å². The van der Waals surface area contributed by atoms with Crippen molar-refractivity contribution in [3.63, 3.8) is 0 Å². The second-order valence-electron chi connectivity index (χ2n) is 7.05. The number of unbranched alkanes of at least 4 members (excludes halogenated alkanes) is 1. The van der Waals surface area contributed by atoms with Crippen molar-refractivity contribution < 1.29 is 14.3 Å². The molecular formula is C20H32N2O3. The van der Waals surface area contributed by atoms with Gasteiger partial charge >= 0.3 is 0 Å². The molecule has 0 saturated carbocycles. The van der Waals surface area contributed by atoms with E-state index in [-0.39, 0.29) is 5.91 Å². The van der Waals surface area contributed by atoms with Gasteiger partial charge in [-0.05, 0) is 30.5 Å². The Morgan fingerprint density at radius 2 is 1.88 bits per heavy atom. The SMILES string of the molecule is CCCCOc1ccc(C(=O)N2CCN(CC(C)C)CC2)cc1OC. The van der Waals surface area contributed by atoms with Crippen LogP contribution in [-0.4, -0.2) is 62.1 Å². The van der Waals surface area contributed by atoms with Gasteiger partial charge in [0.2, 0.25) is 0 Å². The summed E-state index contributed by atoms with van der Waals surface area (Å²) in [6.45, 7) is 11.8. The lowest BCUT2D eigenvalue weighted by molar-refractivity contribution is 0.0623. The largest absolute Gasteiger partial charge is 0.493 e. The van der Waals surface area contributed by atoms with Crippen molar-refractivity contribution in [1.82, 2.24) is 9.80 Å². The van der Waals surface area contributed by atoms with Crippen LogP contribution in [0.4, 0.5) is 0 Å². The highest BCUT2D eigenvalue weighted by molar-refractivity contribution is 5.95. The molecule has 5 nitrogen and oxygen atoms in total. The number of rotatable bonds is 8. The van der Waals surface area contributed by atoms with Crippen molar-refractivity contribution in [1.29, 1.82) is 0 Å². The Morgan fingerprint density at radius 3 is 2.48 bits per heavy atom. The summed E-state index contributed by atoms with van der Waals surface area (Å²) in [7, 11) is 1.61. The van der Waals surface area contributed by atoms with E-state index in [1.807, 2.05) is 17.0 Å². The molecule has 0 aromatic heterocycles. The average molecular weight is 348 g/mol. The first-order valence-electron chi connectivity index (χ1n) is 9.37. The fourth-order valence-electron chi connectivity index (χ4n) is 3.08. The molecule has 1 aliphatic heterocycles. The molecule has 0 aliphatic carbocycles. The summed E-state index contributed by atoms with van der Waals surface area (Å²) in [5, 5.41) is 0. The molecule has 0 unspecified atom stereocenters. The quantitative estimate of drug-likeness (QED) is 0.676. The highest BCUT2D eigenvalue weighted by Gasteiger charge is 2.23. The lowest BCUT2D eigenvalue weighted by Crippen LogP contribution is -2.49. The van der Waals surface area contributed by atoms with Gasteiger partial charge in [0.25, 0.3) is 5.91 Å². The van der Waals surface area contributed by atoms with Crippen LogP contribution < -0.4 is 9.47 Å². The van der Waals surface area contributed by atoms with Gasteiger partial charge in [-0.1, -0.05) is 27.2 Å². The third-order valence-electron chi connectivity index (χ3n) is 4.45. The number of piperazine rings is 1. The van der Waals surface area contributed by atoms with Crippen LogP contribution in [-0.2, 0) is 0 Å². The summed E-state index contributed by atoms with van der Waals surface area (Å²) < 4.78 is 11.2. The Morgan fingerprint density at radius 1 is 1.16 bits per heavy atom. The van der Waals surface area contributed by atoms with E-state index in [0.717, 1.165) is 45.6 Å². The van der Waals surface area contributed by atoms with E-state index in [4.69, 9.17) is 9.47 Å². The molecule has 1 aromatic carbocycles. The Kier molecular flexibility index (Phi) is 7.56. The summed E-state index contributed by atoms with van der Waals surface area (Å²) in [6, 6.07) is 5.48. The van der Waals surface area contributed by atoms with Gasteiger partial charge in [-0.2, -0.15) is 0 Å². The van der Waals surface area contributed by atoms with Crippen LogP contribution in [0, 0.1) is 5.92 Å². The zero-order valence-electron chi connectivity index (χ0n) is 16.1. The van der Waals surface area contributed by atoms with Gasteiger partial charge in [0, 0.05) is 38.3 Å². The number of carbonyl (C=O) groups is 1. The molecule has 0 radical (unpaired) electrons. The second-order valence-corrected chi connectivity index (χ2v) is 7.05. The average Bonchev–Trinajstić information content (AvgIpc) is 2.61. The lowest BCUT2D eigenvalue weighted by atomic mass is 10.1. The lowest BCUT2D eigenvalue weighted by Gasteiger charge is -2.35. The molecule has 0 N–H and O–H groups in total. The first-order chi connectivity index (χ1) is 12.0. The molecule has 5 heteroatoms. The van der Waals surface area contributed by atoms with Crippen LogP contribution in [0.3, 0.4) is 0 Å². The predicted octanol–water partition coefficient (Wildman–Crippen LogP) is 3.29. The first kappa shape index (κ1) is 19.6. The first-order valence-corrected chi connectivity index (χ1v) is 9.37. The maximum Gasteiger partial charge on any atom is 0.254 e.